The second-order valence-electron chi connectivity index (χ2n) is 5.63. The van der Waals surface area contributed by atoms with E-state index in [1.165, 1.54) is 0 Å². The van der Waals surface area contributed by atoms with E-state index >= 15 is 0 Å². The number of hydrogen-bond donors (Lipinski definition) is 1. The lowest BCUT2D eigenvalue weighted by Crippen LogP contribution is -2.16. The van der Waals surface area contributed by atoms with Crippen molar-refractivity contribution in [2.24, 2.45) is 0 Å². The van der Waals surface area contributed by atoms with Crippen molar-refractivity contribution in [3.63, 3.8) is 0 Å². The average molecular weight is 335 g/mol. The van der Waals surface area contributed by atoms with E-state index in [-0.39, 0.29) is 5.41 Å². The van der Waals surface area contributed by atoms with E-state index in [9.17, 15) is 0 Å². The Balaban J connectivity index is 2.54. The first kappa shape index (κ1) is 14.9. The van der Waals surface area contributed by atoms with Gasteiger partial charge in [0.25, 0.3) is 0 Å². The summed E-state index contributed by atoms with van der Waals surface area (Å²) in [5.41, 5.74) is 1.89. The first-order chi connectivity index (χ1) is 9.40. The number of hydrogen-bond acceptors (Lipinski definition) is 4. The fourth-order valence-corrected chi connectivity index (χ4v) is 2.13. The quantitative estimate of drug-likeness (QED) is 0.920. The molecular weight excluding hydrogens is 316 g/mol. The van der Waals surface area contributed by atoms with E-state index in [0.717, 1.165) is 28.1 Å². The SMILES string of the molecule is CCNc1cc(C(C)(C)C)nc(-c2cncc(Br)c2)n1. The zero-order valence-electron chi connectivity index (χ0n) is 12.2. The van der Waals surface area contributed by atoms with Gasteiger partial charge in [0.2, 0.25) is 0 Å². The largest absolute Gasteiger partial charge is 0.370 e. The number of nitrogens with one attached hydrogen (secondary N) is 1. The second-order valence-corrected chi connectivity index (χ2v) is 6.55. The van der Waals surface area contributed by atoms with Crippen LogP contribution < -0.4 is 5.32 Å². The molecule has 0 bridgehead atoms. The lowest BCUT2D eigenvalue weighted by molar-refractivity contribution is 0.568. The van der Waals surface area contributed by atoms with Crippen LogP contribution in [0.4, 0.5) is 5.82 Å². The summed E-state index contributed by atoms with van der Waals surface area (Å²) in [6, 6.07) is 3.99. The monoisotopic (exact) mass is 334 g/mol. The Kier molecular flexibility index (Phi) is 4.38. The van der Waals surface area contributed by atoms with Gasteiger partial charge in [-0.15, -0.1) is 0 Å². The van der Waals surface area contributed by atoms with E-state index in [1.807, 2.05) is 12.1 Å². The molecule has 20 heavy (non-hydrogen) atoms. The Bertz CT molecular complexity index is 605. The summed E-state index contributed by atoms with van der Waals surface area (Å²) < 4.78 is 0.921. The van der Waals surface area contributed by atoms with Crippen LogP contribution in [0.3, 0.4) is 0 Å². The Morgan fingerprint density at radius 1 is 1.15 bits per heavy atom. The lowest BCUT2D eigenvalue weighted by Gasteiger charge is -2.19. The summed E-state index contributed by atoms with van der Waals surface area (Å²) in [4.78, 5) is 13.4. The third-order valence-electron chi connectivity index (χ3n) is 2.82. The molecule has 2 aromatic heterocycles. The zero-order chi connectivity index (χ0) is 14.8. The maximum Gasteiger partial charge on any atom is 0.163 e. The molecule has 0 aromatic carbocycles. The predicted octanol–water partition coefficient (Wildman–Crippen LogP) is 4.03. The molecule has 0 spiro atoms. The number of halogens is 1. The van der Waals surface area contributed by atoms with Crippen molar-refractivity contribution < 1.29 is 0 Å². The molecule has 106 valence electrons. The van der Waals surface area contributed by atoms with Crippen LogP contribution in [-0.2, 0) is 5.41 Å². The highest BCUT2D eigenvalue weighted by Crippen LogP contribution is 2.26. The Morgan fingerprint density at radius 3 is 2.50 bits per heavy atom. The fourth-order valence-electron chi connectivity index (χ4n) is 1.77. The van der Waals surface area contributed by atoms with Crippen LogP contribution >= 0.6 is 15.9 Å². The van der Waals surface area contributed by atoms with E-state index in [1.54, 1.807) is 12.4 Å². The van der Waals surface area contributed by atoms with Crippen molar-refractivity contribution in [1.82, 2.24) is 15.0 Å². The van der Waals surface area contributed by atoms with Gasteiger partial charge in [0.15, 0.2) is 5.82 Å². The molecule has 0 saturated heterocycles. The first-order valence-corrected chi connectivity index (χ1v) is 7.44. The Morgan fingerprint density at radius 2 is 1.90 bits per heavy atom. The molecule has 4 nitrogen and oxygen atoms in total. The molecule has 2 aromatic rings. The molecule has 0 amide bonds. The van der Waals surface area contributed by atoms with Crippen LogP contribution in [-0.4, -0.2) is 21.5 Å². The highest BCUT2D eigenvalue weighted by Gasteiger charge is 2.18. The third-order valence-corrected chi connectivity index (χ3v) is 3.25. The molecule has 0 atom stereocenters. The molecule has 0 aliphatic heterocycles. The van der Waals surface area contributed by atoms with Crippen molar-refractivity contribution >= 4 is 21.7 Å². The minimum Gasteiger partial charge on any atom is -0.370 e. The Hall–Kier alpha value is -1.49. The predicted molar refractivity (Wildman–Crippen MR) is 85.8 cm³/mol. The van der Waals surface area contributed by atoms with Gasteiger partial charge >= 0.3 is 0 Å². The molecule has 0 radical (unpaired) electrons. The van der Waals surface area contributed by atoms with Gasteiger partial charge < -0.3 is 5.32 Å². The number of pyridine rings is 1. The molecule has 0 unspecified atom stereocenters. The molecular formula is C15H19BrN4. The molecule has 0 saturated carbocycles. The molecule has 1 N–H and O–H groups in total. The van der Waals surface area contributed by atoms with Crippen molar-refractivity contribution in [3.05, 3.63) is 34.7 Å². The highest BCUT2D eigenvalue weighted by atomic mass is 79.9. The molecule has 2 rings (SSSR count). The van der Waals surface area contributed by atoms with Crippen LogP contribution in [0.15, 0.2) is 29.0 Å². The van der Waals surface area contributed by atoms with Gasteiger partial charge in [-0.2, -0.15) is 0 Å². The topological polar surface area (TPSA) is 50.7 Å². The van der Waals surface area contributed by atoms with Gasteiger partial charge in [0, 0.05) is 40.5 Å². The van der Waals surface area contributed by atoms with Gasteiger partial charge in [-0.25, -0.2) is 9.97 Å². The van der Waals surface area contributed by atoms with Gasteiger partial charge in [0.1, 0.15) is 5.82 Å². The van der Waals surface area contributed by atoms with Crippen LogP contribution in [0.1, 0.15) is 33.4 Å². The summed E-state index contributed by atoms with van der Waals surface area (Å²) in [5.74, 6) is 1.55. The average Bonchev–Trinajstić information content (AvgIpc) is 2.38. The Labute approximate surface area is 128 Å². The fraction of sp³-hybridized carbons (Fsp3) is 0.400. The van der Waals surface area contributed by atoms with Crippen LogP contribution in [0.25, 0.3) is 11.4 Å². The zero-order valence-corrected chi connectivity index (χ0v) is 13.8. The normalized spacial score (nSPS) is 11.4. The van der Waals surface area contributed by atoms with Gasteiger partial charge in [-0.1, -0.05) is 20.8 Å². The van der Waals surface area contributed by atoms with Crippen molar-refractivity contribution in [2.45, 2.75) is 33.1 Å². The van der Waals surface area contributed by atoms with Crippen molar-refractivity contribution in [1.29, 1.82) is 0 Å². The summed E-state index contributed by atoms with van der Waals surface area (Å²) in [6.45, 7) is 9.33. The number of aromatic nitrogens is 3. The summed E-state index contributed by atoms with van der Waals surface area (Å²) in [7, 11) is 0. The summed E-state index contributed by atoms with van der Waals surface area (Å²) >= 11 is 3.43. The standard InChI is InChI=1S/C15H19BrN4/c1-5-18-13-7-12(15(2,3)4)19-14(20-13)10-6-11(16)9-17-8-10/h6-9H,5H2,1-4H3,(H,18,19,20). The highest BCUT2D eigenvalue weighted by molar-refractivity contribution is 9.10. The maximum atomic E-state index is 4.69. The first-order valence-electron chi connectivity index (χ1n) is 6.64. The van der Waals surface area contributed by atoms with Crippen molar-refractivity contribution in [2.75, 3.05) is 11.9 Å². The van der Waals surface area contributed by atoms with Gasteiger partial charge in [0.05, 0.1) is 5.69 Å². The van der Waals surface area contributed by atoms with Crippen LogP contribution in [0.2, 0.25) is 0 Å². The number of anilines is 1. The van der Waals surface area contributed by atoms with Crippen molar-refractivity contribution in [3.8, 4) is 11.4 Å². The number of rotatable bonds is 3. The molecule has 2 heterocycles. The molecule has 0 aliphatic rings. The molecule has 0 fully saturated rings. The second kappa shape index (κ2) is 5.87. The van der Waals surface area contributed by atoms with E-state index in [4.69, 9.17) is 0 Å². The smallest absolute Gasteiger partial charge is 0.163 e. The van der Waals surface area contributed by atoms with Gasteiger partial charge in [-0.3, -0.25) is 4.98 Å². The minimum absolute atomic E-state index is 0.0265. The third kappa shape index (κ3) is 3.54. The number of nitrogens with zero attached hydrogens (tertiary/aromatic N) is 3. The van der Waals surface area contributed by atoms with E-state index < -0.39 is 0 Å². The van der Waals surface area contributed by atoms with Crippen LogP contribution in [0.5, 0.6) is 0 Å². The lowest BCUT2D eigenvalue weighted by atomic mass is 9.92. The summed E-state index contributed by atoms with van der Waals surface area (Å²) in [5, 5.41) is 3.26. The van der Waals surface area contributed by atoms with Gasteiger partial charge in [-0.05, 0) is 28.9 Å². The molecule has 5 heteroatoms. The molecule has 0 aliphatic carbocycles. The van der Waals surface area contributed by atoms with Crippen LogP contribution in [0, 0.1) is 0 Å². The minimum atomic E-state index is -0.0265. The summed E-state index contributed by atoms with van der Waals surface area (Å²) in [6.07, 6.45) is 3.53. The van der Waals surface area contributed by atoms with E-state index in [2.05, 4.69) is 63.9 Å². The maximum absolute atomic E-state index is 4.69. The van der Waals surface area contributed by atoms with E-state index in [0.29, 0.717) is 5.82 Å².